The summed E-state index contributed by atoms with van der Waals surface area (Å²) in [5.74, 6) is 0.440. The molecule has 2 atom stereocenters. The van der Waals surface area contributed by atoms with Crippen molar-refractivity contribution < 1.29 is 9.57 Å². The SMILES string of the molecule is CC1=NOC(C#N)C(c2ccccc2)O1. The Morgan fingerprint density at radius 3 is 2.73 bits per heavy atom. The second-order valence-corrected chi connectivity index (χ2v) is 3.21. The third-order valence-corrected chi connectivity index (χ3v) is 2.12. The molecule has 0 amide bonds. The summed E-state index contributed by atoms with van der Waals surface area (Å²) < 4.78 is 5.48. The van der Waals surface area contributed by atoms with Crippen LogP contribution in [0.4, 0.5) is 0 Å². The van der Waals surface area contributed by atoms with Gasteiger partial charge in [-0.1, -0.05) is 35.5 Å². The molecular formula is C11H10N2O2. The van der Waals surface area contributed by atoms with Gasteiger partial charge in [0.15, 0.2) is 6.10 Å². The number of hydrogen-bond donors (Lipinski definition) is 0. The van der Waals surface area contributed by atoms with E-state index < -0.39 is 12.2 Å². The van der Waals surface area contributed by atoms with Crippen molar-refractivity contribution in [2.24, 2.45) is 5.16 Å². The van der Waals surface area contributed by atoms with Gasteiger partial charge in [-0.05, 0) is 5.56 Å². The van der Waals surface area contributed by atoms with Gasteiger partial charge in [-0.3, -0.25) is 0 Å². The molecular weight excluding hydrogens is 192 g/mol. The van der Waals surface area contributed by atoms with E-state index in [4.69, 9.17) is 14.8 Å². The van der Waals surface area contributed by atoms with Gasteiger partial charge in [0, 0.05) is 6.92 Å². The van der Waals surface area contributed by atoms with E-state index in [0.717, 1.165) is 5.56 Å². The van der Waals surface area contributed by atoms with Crippen LogP contribution in [-0.2, 0) is 9.57 Å². The average molecular weight is 202 g/mol. The maximum Gasteiger partial charge on any atom is 0.253 e. The van der Waals surface area contributed by atoms with Crippen LogP contribution in [0.5, 0.6) is 0 Å². The molecule has 4 heteroatoms. The molecule has 1 heterocycles. The van der Waals surface area contributed by atoms with Gasteiger partial charge in [-0.15, -0.1) is 0 Å². The van der Waals surface area contributed by atoms with Gasteiger partial charge >= 0.3 is 0 Å². The fraction of sp³-hybridized carbons (Fsp3) is 0.273. The molecule has 0 N–H and O–H groups in total. The van der Waals surface area contributed by atoms with Crippen LogP contribution in [0, 0.1) is 11.3 Å². The van der Waals surface area contributed by atoms with E-state index in [1.165, 1.54) is 0 Å². The Hall–Kier alpha value is -2.02. The summed E-state index contributed by atoms with van der Waals surface area (Å²) in [6.07, 6.45) is -1.08. The van der Waals surface area contributed by atoms with Gasteiger partial charge < -0.3 is 9.57 Å². The van der Waals surface area contributed by atoms with Crippen molar-refractivity contribution in [3.05, 3.63) is 35.9 Å². The van der Waals surface area contributed by atoms with Crippen LogP contribution >= 0.6 is 0 Å². The first-order valence-corrected chi connectivity index (χ1v) is 4.63. The summed E-state index contributed by atoms with van der Waals surface area (Å²) in [4.78, 5) is 5.01. The van der Waals surface area contributed by atoms with Gasteiger partial charge in [0.1, 0.15) is 6.07 Å². The number of hydrogen-bond acceptors (Lipinski definition) is 4. The molecule has 0 spiro atoms. The molecule has 0 saturated carbocycles. The summed E-state index contributed by atoms with van der Waals surface area (Å²) in [5.41, 5.74) is 0.915. The third kappa shape index (κ3) is 1.91. The summed E-state index contributed by atoms with van der Waals surface area (Å²) >= 11 is 0. The van der Waals surface area contributed by atoms with E-state index in [1.807, 2.05) is 36.4 Å². The van der Waals surface area contributed by atoms with Crippen molar-refractivity contribution in [3.8, 4) is 6.07 Å². The first-order valence-electron chi connectivity index (χ1n) is 4.63. The van der Waals surface area contributed by atoms with Crippen molar-refractivity contribution in [1.29, 1.82) is 5.26 Å². The fourth-order valence-electron chi connectivity index (χ4n) is 1.43. The molecule has 76 valence electrons. The standard InChI is InChI=1S/C11H10N2O2/c1-8-13-15-10(7-12)11(14-8)9-5-3-2-4-6-9/h2-6,10-11H,1H3. The highest BCUT2D eigenvalue weighted by Gasteiger charge is 2.30. The highest BCUT2D eigenvalue weighted by atomic mass is 16.7. The van der Waals surface area contributed by atoms with Gasteiger partial charge in [-0.2, -0.15) is 5.26 Å². The van der Waals surface area contributed by atoms with Gasteiger partial charge in [-0.25, -0.2) is 0 Å². The maximum atomic E-state index is 8.88. The monoisotopic (exact) mass is 202 g/mol. The molecule has 0 saturated heterocycles. The summed E-state index contributed by atoms with van der Waals surface area (Å²) in [7, 11) is 0. The van der Waals surface area contributed by atoms with Crippen molar-refractivity contribution in [1.82, 2.24) is 0 Å². The molecule has 1 aromatic carbocycles. The highest BCUT2D eigenvalue weighted by Crippen LogP contribution is 2.26. The molecule has 0 aromatic heterocycles. The Morgan fingerprint density at radius 2 is 2.07 bits per heavy atom. The summed E-state index contributed by atoms with van der Waals surface area (Å²) in [6.45, 7) is 1.70. The topological polar surface area (TPSA) is 54.6 Å². The van der Waals surface area contributed by atoms with E-state index in [1.54, 1.807) is 6.92 Å². The maximum absolute atomic E-state index is 8.88. The van der Waals surface area contributed by atoms with Crippen LogP contribution in [0.1, 0.15) is 18.6 Å². The molecule has 1 aromatic rings. The summed E-state index contributed by atoms with van der Waals surface area (Å²) in [5, 5.41) is 12.5. The predicted octanol–water partition coefficient (Wildman–Crippen LogP) is 2.00. The predicted molar refractivity (Wildman–Crippen MR) is 53.9 cm³/mol. The lowest BCUT2D eigenvalue weighted by molar-refractivity contribution is -0.0327. The lowest BCUT2D eigenvalue weighted by Gasteiger charge is -2.25. The van der Waals surface area contributed by atoms with Crippen molar-refractivity contribution in [3.63, 3.8) is 0 Å². The molecule has 1 aliphatic rings. The van der Waals surface area contributed by atoms with Crippen molar-refractivity contribution >= 4 is 5.90 Å². The molecule has 0 radical (unpaired) electrons. The molecule has 0 fully saturated rings. The highest BCUT2D eigenvalue weighted by molar-refractivity contribution is 5.73. The molecule has 2 unspecified atom stereocenters. The van der Waals surface area contributed by atoms with Crippen molar-refractivity contribution in [2.75, 3.05) is 0 Å². The Labute approximate surface area is 87.7 Å². The van der Waals surface area contributed by atoms with E-state index in [0.29, 0.717) is 5.90 Å². The fourth-order valence-corrected chi connectivity index (χ4v) is 1.43. The minimum absolute atomic E-state index is 0.395. The largest absolute Gasteiger partial charge is 0.465 e. The van der Waals surface area contributed by atoms with Crippen LogP contribution in [0.2, 0.25) is 0 Å². The number of oxime groups is 1. The molecule has 0 aliphatic carbocycles. The van der Waals surface area contributed by atoms with Crippen LogP contribution in [0.25, 0.3) is 0 Å². The zero-order chi connectivity index (χ0) is 10.7. The van der Waals surface area contributed by atoms with Crippen molar-refractivity contribution in [2.45, 2.75) is 19.1 Å². The minimum Gasteiger partial charge on any atom is -0.465 e. The molecule has 4 nitrogen and oxygen atoms in total. The first-order chi connectivity index (χ1) is 7.31. The Kier molecular flexibility index (Phi) is 2.55. The molecule has 0 bridgehead atoms. The van der Waals surface area contributed by atoms with Gasteiger partial charge in [0.05, 0.1) is 0 Å². The summed E-state index contributed by atoms with van der Waals surface area (Å²) in [6, 6.07) is 11.5. The minimum atomic E-state index is -0.684. The number of rotatable bonds is 1. The number of nitriles is 1. The molecule has 2 rings (SSSR count). The lowest BCUT2D eigenvalue weighted by atomic mass is 10.1. The quantitative estimate of drug-likeness (QED) is 0.699. The number of nitrogens with zero attached hydrogens (tertiary/aromatic N) is 2. The second-order valence-electron chi connectivity index (χ2n) is 3.21. The Bertz CT molecular complexity index is 408. The lowest BCUT2D eigenvalue weighted by Crippen LogP contribution is -2.28. The van der Waals surface area contributed by atoms with E-state index in [-0.39, 0.29) is 0 Å². The molecule has 15 heavy (non-hydrogen) atoms. The smallest absolute Gasteiger partial charge is 0.253 e. The average Bonchev–Trinajstić information content (AvgIpc) is 2.30. The van der Waals surface area contributed by atoms with Crippen LogP contribution in [0.15, 0.2) is 35.5 Å². The number of ether oxygens (including phenoxy) is 1. The van der Waals surface area contributed by atoms with Crippen LogP contribution in [-0.4, -0.2) is 12.0 Å². The van der Waals surface area contributed by atoms with E-state index in [2.05, 4.69) is 5.16 Å². The zero-order valence-electron chi connectivity index (χ0n) is 8.25. The van der Waals surface area contributed by atoms with E-state index >= 15 is 0 Å². The van der Waals surface area contributed by atoms with Gasteiger partial charge in [0.25, 0.3) is 6.10 Å². The third-order valence-electron chi connectivity index (χ3n) is 2.12. The Morgan fingerprint density at radius 1 is 1.33 bits per heavy atom. The second kappa shape index (κ2) is 4.01. The van der Waals surface area contributed by atoms with Crippen LogP contribution < -0.4 is 0 Å². The van der Waals surface area contributed by atoms with Crippen LogP contribution in [0.3, 0.4) is 0 Å². The first kappa shape index (κ1) is 9.53. The normalized spacial score (nSPS) is 24.4. The number of benzene rings is 1. The van der Waals surface area contributed by atoms with E-state index in [9.17, 15) is 0 Å². The molecule has 1 aliphatic heterocycles. The zero-order valence-corrected chi connectivity index (χ0v) is 8.25. The van der Waals surface area contributed by atoms with Gasteiger partial charge in [0.2, 0.25) is 5.90 Å². The Balaban J connectivity index is 2.28.